The van der Waals surface area contributed by atoms with Crippen molar-refractivity contribution in [1.82, 2.24) is 0 Å². The molecule has 0 aromatic heterocycles. The molecular formula is C13H17NO6. The molecule has 7 heteroatoms. The largest absolute Gasteiger partial charge is 0.493 e. The number of carboxylic acid groups (broad SMARTS) is 1. The van der Waals surface area contributed by atoms with Gasteiger partial charge in [0.2, 0.25) is 0 Å². The summed E-state index contributed by atoms with van der Waals surface area (Å²) in [5, 5.41) is 9.20. The smallest absolute Gasteiger partial charge is 0.337 e. The van der Waals surface area contributed by atoms with Crippen LogP contribution in [0.2, 0.25) is 0 Å². The average Bonchev–Trinajstić information content (AvgIpc) is 2.45. The summed E-state index contributed by atoms with van der Waals surface area (Å²) >= 11 is 0. The van der Waals surface area contributed by atoms with E-state index in [1.807, 2.05) is 0 Å². The summed E-state index contributed by atoms with van der Waals surface area (Å²) in [4.78, 5) is 22.9. The lowest BCUT2D eigenvalue weighted by Crippen LogP contribution is -2.22. The quantitative estimate of drug-likeness (QED) is 0.736. The van der Waals surface area contributed by atoms with E-state index in [1.54, 1.807) is 0 Å². The summed E-state index contributed by atoms with van der Waals surface area (Å²) < 4.78 is 14.9. The molecule has 0 saturated carbocycles. The molecule has 1 atom stereocenters. The fraction of sp³-hybridized carbons (Fsp3) is 0.385. The van der Waals surface area contributed by atoms with Crippen molar-refractivity contribution in [3.05, 3.63) is 23.3 Å². The Morgan fingerprint density at radius 3 is 2.30 bits per heavy atom. The number of benzene rings is 1. The molecule has 0 amide bonds. The molecular weight excluding hydrogens is 266 g/mol. The first-order chi connectivity index (χ1) is 9.49. The number of carbonyl (C=O) groups is 2. The number of nitrogens with two attached hydrogens (primary N) is 1. The molecule has 0 radical (unpaired) electrons. The molecule has 0 saturated heterocycles. The molecule has 1 aromatic rings. The van der Waals surface area contributed by atoms with Crippen molar-refractivity contribution in [1.29, 1.82) is 0 Å². The minimum Gasteiger partial charge on any atom is -0.493 e. The highest BCUT2D eigenvalue weighted by Crippen LogP contribution is 2.37. The number of hydrogen-bond acceptors (Lipinski definition) is 6. The van der Waals surface area contributed by atoms with Gasteiger partial charge in [-0.3, -0.25) is 4.79 Å². The highest BCUT2D eigenvalue weighted by Gasteiger charge is 2.26. The van der Waals surface area contributed by atoms with Crippen molar-refractivity contribution in [2.24, 2.45) is 5.73 Å². The zero-order chi connectivity index (χ0) is 15.3. The highest BCUT2D eigenvalue weighted by atomic mass is 16.5. The molecule has 110 valence electrons. The Balaban J connectivity index is 3.52. The highest BCUT2D eigenvalue weighted by molar-refractivity contribution is 5.91. The minimum absolute atomic E-state index is 0.139. The van der Waals surface area contributed by atoms with Crippen LogP contribution in [0.3, 0.4) is 0 Å². The van der Waals surface area contributed by atoms with E-state index in [-0.39, 0.29) is 29.2 Å². The third-order valence-corrected chi connectivity index (χ3v) is 2.84. The summed E-state index contributed by atoms with van der Waals surface area (Å²) in [6.45, 7) is -0.139. The molecule has 0 bridgehead atoms. The van der Waals surface area contributed by atoms with Crippen molar-refractivity contribution in [3.63, 3.8) is 0 Å². The molecule has 0 aliphatic carbocycles. The fourth-order valence-electron chi connectivity index (χ4n) is 1.85. The Hall–Kier alpha value is -2.28. The van der Waals surface area contributed by atoms with Crippen LogP contribution in [-0.4, -0.2) is 44.9 Å². The first-order valence-electron chi connectivity index (χ1n) is 5.77. The maximum atomic E-state index is 11.6. The SMILES string of the molecule is COC(=O)c1cc(OC)c(OC)c(C(CN)C(=O)O)c1. The molecule has 1 aromatic carbocycles. The maximum Gasteiger partial charge on any atom is 0.337 e. The number of esters is 1. The molecule has 0 aliphatic rings. The van der Waals surface area contributed by atoms with Crippen LogP contribution in [0.1, 0.15) is 21.8 Å². The Labute approximate surface area is 116 Å². The lowest BCUT2D eigenvalue weighted by atomic mass is 9.95. The predicted molar refractivity (Wildman–Crippen MR) is 70.3 cm³/mol. The Bertz CT molecular complexity index is 514. The third kappa shape index (κ3) is 3.00. The molecule has 0 fully saturated rings. The normalized spacial score (nSPS) is 11.6. The van der Waals surface area contributed by atoms with Gasteiger partial charge in [0.05, 0.1) is 32.8 Å². The number of ether oxygens (including phenoxy) is 3. The number of carboxylic acids is 1. The van der Waals surface area contributed by atoms with E-state index in [0.29, 0.717) is 0 Å². The van der Waals surface area contributed by atoms with Gasteiger partial charge in [-0.15, -0.1) is 0 Å². The van der Waals surface area contributed by atoms with Gasteiger partial charge in [-0.05, 0) is 12.1 Å². The van der Waals surface area contributed by atoms with Crippen molar-refractivity contribution in [3.8, 4) is 11.5 Å². The van der Waals surface area contributed by atoms with Crippen molar-refractivity contribution >= 4 is 11.9 Å². The number of hydrogen-bond donors (Lipinski definition) is 2. The van der Waals surface area contributed by atoms with E-state index in [1.165, 1.54) is 33.5 Å². The molecule has 20 heavy (non-hydrogen) atoms. The summed E-state index contributed by atoms with van der Waals surface area (Å²) in [6.07, 6.45) is 0. The topological polar surface area (TPSA) is 108 Å². The third-order valence-electron chi connectivity index (χ3n) is 2.84. The van der Waals surface area contributed by atoms with Gasteiger partial charge in [-0.1, -0.05) is 0 Å². The Morgan fingerprint density at radius 2 is 1.90 bits per heavy atom. The van der Waals surface area contributed by atoms with Gasteiger partial charge < -0.3 is 25.1 Å². The van der Waals surface area contributed by atoms with Gasteiger partial charge in [0.15, 0.2) is 11.5 Å². The second kappa shape index (κ2) is 6.76. The lowest BCUT2D eigenvalue weighted by molar-refractivity contribution is -0.138. The van der Waals surface area contributed by atoms with Crippen molar-refractivity contribution < 1.29 is 28.9 Å². The summed E-state index contributed by atoms with van der Waals surface area (Å²) in [5.41, 5.74) is 5.92. The molecule has 3 N–H and O–H groups in total. The van der Waals surface area contributed by atoms with Crippen LogP contribution in [0, 0.1) is 0 Å². The van der Waals surface area contributed by atoms with Crippen LogP contribution in [0.5, 0.6) is 11.5 Å². The number of methoxy groups -OCH3 is 3. The standard InChI is InChI=1S/C13H17NO6/c1-18-10-5-7(13(17)20-3)4-8(11(10)19-2)9(6-14)12(15)16/h4-5,9H,6,14H2,1-3H3,(H,15,16). The van der Waals surface area contributed by atoms with Gasteiger partial charge >= 0.3 is 11.9 Å². The van der Waals surface area contributed by atoms with Crippen LogP contribution < -0.4 is 15.2 Å². The zero-order valence-electron chi connectivity index (χ0n) is 11.5. The van der Waals surface area contributed by atoms with E-state index in [9.17, 15) is 14.7 Å². The summed E-state index contributed by atoms with van der Waals surface area (Å²) in [7, 11) is 4.01. The Kier molecular flexibility index (Phi) is 5.33. The van der Waals surface area contributed by atoms with Crippen LogP contribution >= 0.6 is 0 Å². The maximum absolute atomic E-state index is 11.6. The van der Waals surface area contributed by atoms with Crippen molar-refractivity contribution in [2.75, 3.05) is 27.9 Å². The second-order valence-electron chi connectivity index (χ2n) is 3.92. The van der Waals surface area contributed by atoms with Gasteiger partial charge in [0, 0.05) is 12.1 Å². The first kappa shape index (κ1) is 15.8. The first-order valence-corrected chi connectivity index (χ1v) is 5.77. The monoisotopic (exact) mass is 283 g/mol. The minimum atomic E-state index is -1.12. The lowest BCUT2D eigenvalue weighted by Gasteiger charge is -2.18. The van der Waals surface area contributed by atoms with Gasteiger partial charge in [0.1, 0.15) is 0 Å². The van der Waals surface area contributed by atoms with E-state index in [4.69, 9.17) is 15.2 Å². The number of carbonyl (C=O) groups excluding carboxylic acids is 1. The van der Waals surface area contributed by atoms with Gasteiger partial charge in [-0.25, -0.2) is 4.79 Å². The van der Waals surface area contributed by atoms with Gasteiger partial charge in [0.25, 0.3) is 0 Å². The molecule has 0 heterocycles. The molecule has 0 spiro atoms. The van der Waals surface area contributed by atoms with Crippen LogP contribution in [0.4, 0.5) is 0 Å². The number of aliphatic carboxylic acids is 1. The molecule has 1 rings (SSSR count). The van der Waals surface area contributed by atoms with Gasteiger partial charge in [-0.2, -0.15) is 0 Å². The van der Waals surface area contributed by atoms with Crippen LogP contribution in [0.25, 0.3) is 0 Å². The molecule has 1 unspecified atom stereocenters. The van der Waals surface area contributed by atoms with E-state index >= 15 is 0 Å². The zero-order valence-corrected chi connectivity index (χ0v) is 11.5. The molecule has 7 nitrogen and oxygen atoms in total. The second-order valence-corrected chi connectivity index (χ2v) is 3.92. The van der Waals surface area contributed by atoms with Crippen LogP contribution in [0.15, 0.2) is 12.1 Å². The molecule has 0 aliphatic heterocycles. The Morgan fingerprint density at radius 1 is 1.25 bits per heavy atom. The number of rotatable bonds is 6. The summed E-state index contributed by atoms with van der Waals surface area (Å²) in [5.74, 6) is -2.25. The van der Waals surface area contributed by atoms with E-state index in [0.717, 1.165) is 0 Å². The van der Waals surface area contributed by atoms with E-state index in [2.05, 4.69) is 4.74 Å². The average molecular weight is 283 g/mol. The van der Waals surface area contributed by atoms with E-state index < -0.39 is 17.9 Å². The predicted octanol–water partition coefficient (Wildman–Crippen LogP) is 0.617. The summed E-state index contributed by atoms with van der Waals surface area (Å²) in [6, 6.07) is 2.81. The van der Waals surface area contributed by atoms with Crippen LogP contribution in [-0.2, 0) is 9.53 Å². The fourth-order valence-corrected chi connectivity index (χ4v) is 1.85. The van der Waals surface area contributed by atoms with Crippen molar-refractivity contribution in [2.45, 2.75) is 5.92 Å².